The topological polar surface area (TPSA) is 93.2 Å². The maximum absolute atomic E-state index is 11.6. The molecule has 1 atom stereocenters. The summed E-state index contributed by atoms with van der Waals surface area (Å²) in [6.07, 6.45) is 1.00. The van der Waals surface area contributed by atoms with Crippen LogP contribution in [-0.2, 0) is 11.3 Å². The molecule has 0 fully saturated rings. The Kier molecular flexibility index (Phi) is 3.54. The zero-order valence-electron chi connectivity index (χ0n) is 9.77. The van der Waals surface area contributed by atoms with E-state index in [1.54, 1.807) is 33.0 Å². The van der Waals surface area contributed by atoms with Gasteiger partial charge < -0.3 is 16.2 Å². The molecule has 1 unspecified atom stereocenters. The number of carbonyl (C=O) groups excluding carboxylic acids is 1. The Morgan fingerprint density at radius 3 is 2.81 bits per heavy atom. The molecule has 1 aromatic heterocycles. The third-order valence-corrected chi connectivity index (χ3v) is 2.47. The van der Waals surface area contributed by atoms with Gasteiger partial charge in [0, 0.05) is 6.20 Å². The van der Waals surface area contributed by atoms with Crippen molar-refractivity contribution >= 4 is 11.7 Å². The van der Waals surface area contributed by atoms with Gasteiger partial charge in [0.15, 0.2) is 0 Å². The van der Waals surface area contributed by atoms with E-state index in [-0.39, 0.29) is 12.5 Å². The zero-order chi connectivity index (χ0) is 12.3. The van der Waals surface area contributed by atoms with E-state index < -0.39 is 11.6 Å². The van der Waals surface area contributed by atoms with Crippen molar-refractivity contribution in [2.45, 2.75) is 39.0 Å². The molecule has 1 heterocycles. The van der Waals surface area contributed by atoms with Crippen molar-refractivity contribution in [2.75, 3.05) is 5.73 Å². The lowest BCUT2D eigenvalue weighted by atomic mass is 9.99. The zero-order valence-corrected chi connectivity index (χ0v) is 9.77. The standard InChI is InChI=1S/C10H18N4O2/c1-7(15)10(2,3)12-9(16)6-14-5-4-8(11)13-14/h4-5,7,15H,6H2,1-3H3,(H2,11,13)(H,12,16). The number of nitrogens with zero attached hydrogens (tertiary/aromatic N) is 2. The van der Waals surface area contributed by atoms with Crippen LogP contribution in [0.2, 0.25) is 0 Å². The Morgan fingerprint density at radius 1 is 1.75 bits per heavy atom. The molecule has 1 aromatic rings. The molecule has 16 heavy (non-hydrogen) atoms. The minimum absolute atomic E-state index is 0.0906. The number of anilines is 1. The first-order valence-corrected chi connectivity index (χ1v) is 5.09. The van der Waals surface area contributed by atoms with Crippen LogP contribution in [-0.4, -0.2) is 32.4 Å². The third kappa shape index (κ3) is 3.23. The van der Waals surface area contributed by atoms with Crippen LogP contribution < -0.4 is 11.1 Å². The quantitative estimate of drug-likeness (QED) is 0.659. The van der Waals surface area contributed by atoms with Crippen LogP contribution in [0, 0.1) is 0 Å². The van der Waals surface area contributed by atoms with E-state index in [4.69, 9.17) is 5.73 Å². The fourth-order valence-electron chi connectivity index (χ4n) is 1.12. The first-order chi connectivity index (χ1) is 7.31. The van der Waals surface area contributed by atoms with Crippen molar-refractivity contribution in [2.24, 2.45) is 0 Å². The molecule has 0 saturated heterocycles. The molecule has 0 aliphatic heterocycles. The van der Waals surface area contributed by atoms with Gasteiger partial charge in [0.25, 0.3) is 0 Å². The molecular weight excluding hydrogens is 208 g/mol. The van der Waals surface area contributed by atoms with E-state index in [9.17, 15) is 9.90 Å². The molecule has 0 bridgehead atoms. The molecule has 1 amide bonds. The summed E-state index contributed by atoms with van der Waals surface area (Å²) >= 11 is 0. The highest BCUT2D eigenvalue weighted by Gasteiger charge is 2.25. The van der Waals surface area contributed by atoms with E-state index >= 15 is 0 Å². The summed E-state index contributed by atoms with van der Waals surface area (Å²) in [4.78, 5) is 11.6. The predicted octanol–water partition coefficient (Wildman–Crippen LogP) is -0.259. The molecule has 1 rings (SSSR count). The van der Waals surface area contributed by atoms with Gasteiger partial charge in [-0.05, 0) is 26.8 Å². The Balaban J connectivity index is 2.54. The van der Waals surface area contributed by atoms with Crippen molar-refractivity contribution in [1.29, 1.82) is 0 Å². The summed E-state index contributed by atoms with van der Waals surface area (Å²) in [6, 6.07) is 1.62. The van der Waals surface area contributed by atoms with Gasteiger partial charge in [-0.25, -0.2) is 0 Å². The molecule has 6 heteroatoms. The summed E-state index contributed by atoms with van der Waals surface area (Å²) in [7, 11) is 0. The second-order valence-corrected chi connectivity index (χ2v) is 4.38. The van der Waals surface area contributed by atoms with Crippen molar-refractivity contribution in [3.63, 3.8) is 0 Å². The van der Waals surface area contributed by atoms with Gasteiger partial charge in [-0.3, -0.25) is 9.48 Å². The van der Waals surface area contributed by atoms with E-state index in [1.165, 1.54) is 4.68 Å². The second kappa shape index (κ2) is 4.52. The summed E-state index contributed by atoms with van der Waals surface area (Å²) < 4.78 is 1.45. The highest BCUT2D eigenvalue weighted by molar-refractivity contribution is 5.76. The fourth-order valence-corrected chi connectivity index (χ4v) is 1.12. The monoisotopic (exact) mass is 226 g/mol. The molecule has 6 nitrogen and oxygen atoms in total. The van der Waals surface area contributed by atoms with Crippen LogP contribution in [0.4, 0.5) is 5.82 Å². The minimum Gasteiger partial charge on any atom is -0.391 e. The van der Waals surface area contributed by atoms with Crippen molar-refractivity contribution in [3.05, 3.63) is 12.3 Å². The van der Waals surface area contributed by atoms with Crippen LogP contribution in [0.3, 0.4) is 0 Å². The lowest BCUT2D eigenvalue weighted by Gasteiger charge is -2.29. The number of nitrogens with two attached hydrogens (primary N) is 1. The molecule has 4 N–H and O–H groups in total. The maximum atomic E-state index is 11.6. The Morgan fingerprint density at radius 2 is 2.38 bits per heavy atom. The van der Waals surface area contributed by atoms with Gasteiger partial charge in [-0.15, -0.1) is 0 Å². The van der Waals surface area contributed by atoms with Crippen LogP contribution in [0.1, 0.15) is 20.8 Å². The minimum atomic E-state index is -0.657. The van der Waals surface area contributed by atoms with E-state index in [0.29, 0.717) is 5.82 Å². The van der Waals surface area contributed by atoms with Gasteiger partial charge in [-0.1, -0.05) is 0 Å². The number of hydrogen-bond donors (Lipinski definition) is 3. The Labute approximate surface area is 94.4 Å². The normalized spacial score (nSPS) is 13.5. The number of nitrogen functional groups attached to an aromatic ring is 1. The number of aliphatic hydroxyl groups excluding tert-OH is 1. The molecular formula is C10H18N4O2. The van der Waals surface area contributed by atoms with E-state index in [2.05, 4.69) is 10.4 Å². The molecule has 0 radical (unpaired) electrons. The fraction of sp³-hybridized carbons (Fsp3) is 0.600. The average Bonchev–Trinajstić information content (AvgIpc) is 2.49. The molecule has 0 aliphatic rings. The van der Waals surface area contributed by atoms with Crippen LogP contribution in [0.15, 0.2) is 12.3 Å². The van der Waals surface area contributed by atoms with Gasteiger partial charge in [0.2, 0.25) is 5.91 Å². The molecule has 0 aromatic carbocycles. The maximum Gasteiger partial charge on any atom is 0.242 e. The first-order valence-electron chi connectivity index (χ1n) is 5.09. The van der Waals surface area contributed by atoms with Gasteiger partial charge >= 0.3 is 0 Å². The summed E-state index contributed by atoms with van der Waals surface area (Å²) in [5, 5.41) is 16.1. The Hall–Kier alpha value is -1.56. The van der Waals surface area contributed by atoms with Crippen LogP contribution in [0.5, 0.6) is 0 Å². The summed E-state index contributed by atoms with van der Waals surface area (Å²) in [5.41, 5.74) is 4.77. The highest BCUT2D eigenvalue weighted by Crippen LogP contribution is 2.08. The average molecular weight is 226 g/mol. The number of hydrogen-bond acceptors (Lipinski definition) is 4. The third-order valence-electron chi connectivity index (χ3n) is 2.47. The number of aliphatic hydroxyl groups is 1. The lowest BCUT2D eigenvalue weighted by molar-refractivity contribution is -0.124. The largest absolute Gasteiger partial charge is 0.391 e. The number of nitrogens with one attached hydrogen (secondary N) is 1. The number of rotatable bonds is 4. The highest BCUT2D eigenvalue weighted by atomic mass is 16.3. The lowest BCUT2D eigenvalue weighted by Crippen LogP contribution is -2.51. The SMILES string of the molecule is CC(O)C(C)(C)NC(=O)Cn1ccc(N)n1. The van der Waals surface area contributed by atoms with Gasteiger partial charge in [0.05, 0.1) is 11.6 Å². The van der Waals surface area contributed by atoms with Gasteiger partial charge in [0.1, 0.15) is 12.4 Å². The first kappa shape index (κ1) is 12.5. The predicted molar refractivity (Wildman–Crippen MR) is 60.5 cm³/mol. The summed E-state index contributed by atoms with van der Waals surface area (Å²) in [5.74, 6) is 0.164. The van der Waals surface area contributed by atoms with Gasteiger partial charge in [-0.2, -0.15) is 5.10 Å². The summed E-state index contributed by atoms with van der Waals surface area (Å²) in [6.45, 7) is 5.24. The van der Waals surface area contributed by atoms with Crippen molar-refractivity contribution in [1.82, 2.24) is 15.1 Å². The molecule has 0 saturated carbocycles. The molecule has 0 aliphatic carbocycles. The Bertz CT molecular complexity index is 371. The number of aromatic nitrogens is 2. The van der Waals surface area contributed by atoms with E-state index in [1.807, 2.05) is 0 Å². The van der Waals surface area contributed by atoms with Crippen LogP contribution >= 0.6 is 0 Å². The van der Waals surface area contributed by atoms with Crippen molar-refractivity contribution < 1.29 is 9.90 Å². The molecule has 90 valence electrons. The van der Waals surface area contributed by atoms with Crippen molar-refractivity contribution in [3.8, 4) is 0 Å². The van der Waals surface area contributed by atoms with E-state index in [0.717, 1.165) is 0 Å². The molecule has 0 spiro atoms. The number of carbonyl (C=O) groups is 1. The number of amides is 1. The van der Waals surface area contributed by atoms with Crippen LogP contribution in [0.25, 0.3) is 0 Å². The smallest absolute Gasteiger partial charge is 0.242 e. The second-order valence-electron chi connectivity index (χ2n) is 4.38.